The van der Waals surface area contributed by atoms with E-state index in [0.29, 0.717) is 0 Å². The lowest BCUT2D eigenvalue weighted by Crippen LogP contribution is -2.14. The highest BCUT2D eigenvalue weighted by atomic mass is 35.5. The van der Waals surface area contributed by atoms with Gasteiger partial charge in [-0.3, -0.25) is 9.78 Å². The molecule has 0 bridgehead atoms. The van der Waals surface area contributed by atoms with Crippen molar-refractivity contribution < 1.29 is 14.7 Å². The molecule has 5 nitrogen and oxygen atoms in total. The van der Waals surface area contributed by atoms with Gasteiger partial charge in [-0.1, -0.05) is 29.3 Å². The smallest absolute Gasteiger partial charge is 0.335 e. The minimum absolute atomic E-state index is 0.0409. The molecule has 0 aliphatic carbocycles. The maximum Gasteiger partial charge on any atom is 0.335 e. The predicted octanol–water partition coefficient (Wildman–Crippen LogP) is 3.34. The Morgan fingerprint density at radius 3 is 2.30 bits per heavy atom. The lowest BCUT2D eigenvalue weighted by Gasteiger charge is -2.09. The molecule has 1 amide bonds. The molecule has 0 unspecified atom stereocenters. The van der Waals surface area contributed by atoms with Crippen LogP contribution in [0.25, 0.3) is 0 Å². The Balaban J connectivity index is 2.31. The van der Waals surface area contributed by atoms with Crippen LogP contribution in [0, 0.1) is 0 Å². The molecule has 1 aromatic carbocycles. The minimum Gasteiger partial charge on any atom is -0.478 e. The summed E-state index contributed by atoms with van der Waals surface area (Å²) in [7, 11) is 0. The molecule has 20 heavy (non-hydrogen) atoms. The van der Waals surface area contributed by atoms with Crippen LogP contribution in [0.4, 0.5) is 5.69 Å². The number of carbonyl (C=O) groups is 2. The molecule has 0 saturated carbocycles. The molecular formula is C13H8Cl2N2O3. The van der Waals surface area contributed by atoms with Crippen LogP contribution >= 0.6 is 23.2 Å². The Labute approximate surface area is 124 Å². The normalized spacial score (nSPS) is 10.1. The summed E-state index contributed by atoms with van der Waals surface area (Å²) in [4.78, 5) is 26.7. The maximum atomic E-state index is 11.9. The number of benzene rings is 1. The first-order valence-corrected chi connectivity index (χ1v) is 6.19. The fraction of sp³-hybridized carbons (Fsp3) is 0. The lowest BCUT2D eigenvalue weighted by molar-refractivity contribution is 0.0696. The fourth-order valence-corrected chi connectivity index (χ4v) is 2.07. The zero-order chi connectivity index (χ0) is 14.7. The number of nitrogens with one attached hydrogen (secondary N) is 1. The summed E-state index contributed by atoms with van der Waals surface area (Å²) in [5, 5.41) is 11.5. The Morgan fingerprint density at radius 2 is 1.80 bits per heavy atom. The van der Waals surface area contributed by atoms with Crippen molar-refractivity contribution in [2.75, 3.05) is 5.32 Å². The summed E-state index contributed by atoms with van der Waals surface area (Å²) < 4.78 is 0. The van der Waals surface area contributed by atoms with Crippen LogP contribution in [-0.2, 0) is 0 Å². The van der Waals surface area contributed by atoms with Gasteiger partial charge >= 0.3 is 5.97 Å². The van der Waals surface area contributed by atoms with Crippen molar-refractivity contribution in [3.05, 3.63) is 57.8 Å². The van der Waals surface area contributed by atoms with Crippen LogP contribution in [-0.4, -0.2) is 22.0 Å². The first kappa shape index (κ1) is 14.3. The predicted molar refractivity (Wildman–Crippen MR) is 75.6 cm³/mol. The average Bonchev–Trinajstić information content (AvgIpc) is 2.43. The second kappa shape index (κ2) is 5.90. The van der Waals surface area contributed by atoms with E-state index in [-0.39, 0.29) is 27.0 Å². The lowest BCUT2D eigenvalue weighted by atomic mass is 10.2. The van der Waals surface area contributed by atoms with E-state index in [0.717, 1.165) is 0 Å². The molecular weight excluding hydrogens is 303 g/mol. The van der Waals surface area contributed by atoms with Gasteiger partial charge < -0.3 is 10.4 Å². The van der Waals surface area contributed by atoms with Crippen LogP contribution in [0.1, 0.15) is 20.8 Å². The highest BCUT2D eigenvalue weighted by Crippen LogP contribution is 2.32. The maximum absolute atomic E-state index is 11.9. The number of nitrogens with zero attached hydrogens (tertiary/aromatic N) is 1. The number of carbonyl (C=O) groups excluding carboxylic acids is 1. The van der Waals surface area contributed by atoms with Gasteiger partial charge in [0.05, 0.1) is 21.3 Å². The minimum atomic E-state index is -1.16. The van der Waals surface area contributed by atoms with Gasteiger partial charge in [0.2, 0.25) is 0 Å². The number of hydrogen-bond acceptors (Lipinski definition) is 3. The monoisotopic (exact) mass is 310 g/mol. The van der Waals surface area contributed by atoms with Crippen LogP contribution < -0.4 is 5.32 Å². The Hall–Kier alpha value is -2.11. The summed E-state index contributed by atoms with van der Waals surface area (Å²) in [5.41, 5.74) is 0.284. The highest BCUT2D eigenvalue weighted by Gasteiger charge is 2.15. The van der Waals surface area contributed by atoms with E-state index in [1.54, 1.807) is 12.1 Å². The first-order chi connectivity index (χ1) is 9.49. The van der Waals surface area contributed by atoms with Gasteiger partial charge in [0.25, 0.3) is 5.91 Å². The number of amides is 1. The van der Waals surface area contributed by atoms with Crippen molar-refractivity contribution in [1.82, 2.24) is 4.98 Å². The molecule has 1 aromatic heterocycles. The van der Waals surface area contributed by atoms with Gasteiger partial charge in [-0.15, -0.1) is 0 Å². The number of pyridine rings is 1. The van der Waals surface area contributed by atoms with Crippen molar-refractivity contribution in [3.8, 4) is 0 Å². The summed E-state index contributed by atoms with van der Waals surface area (Å²) in [5.74, 6) is -1.64. The quantitative estimate of drug-likeness (QED) is 0.911. The number of hydrogen-bond donors (Lipinski definition) is 2. The number of carboxylic acids is 1. The molecule has 7 heteroatoms. The Bertz CT molecular complexity index is 652. The van der Waals surface area contributed by atoms with E-state index in [2.05, 4.69) is 10.3 Å². The van der Waals surface area contributed by atoms with Gasteiger partial charge in [-0.2, -0.15) is 0 Å². The van der Waals surface area contributed by atoms with Crippen molar-refractivity contribution in [1.29, 1.82) is 0 Å². The summed E-state index contributed by atoms with van der Waals surface area (Å²) in [6, 6.07) is 7.30. The van der Waals surface area contributed by atoms with E-state index in [9.17, 15) is 9.59 Å². The summed E-state index contributed by atoms with van der Waals surface area (Å²) in [6.07, 6.45) is 1.48. The van der Waals surface area contributed by atoms with Crippen molar-refractivity contribution in [3.63, 3.8) is 0 Å². The van der Waals surface area contributed by atoms with Gasteiger partial charge in [0, 0.05) is 6.20 Å². The topological polar surface area (TPSA) is 79.3 Å². The van der Waals surface area contributed by atoms with Crippen molar-refractivity contribution >= 4 is 40.8 Å². The van der Waals surface area contributed by atoms with E-state index in [1.165, 1.54) is 24.4 Å². The van der Waals surface area contributed by atoms with Gasteiger partial charge in [0.1, 0.15) is 5.69 Å². The van der Waals surface area contributed by atoms with Crippen molar-refractivity contribution in [2.24, 2.45) is 0 Å². The summed E-state index contributed by atoms with van der Waals surface area (Å²) >= 11 is 11.9. The Morgan fingerprint density at radius 1 is 1.15 bits per heavy atom. The second-order valence-electron chi connectivity index (χ2n) is 3.79. The third kappa shape index (κ3) is 3.07. The van der Waals surface area contributed by atoms with Crippen LogP contribution in [0.15, 0.2) is 36.5 Å². The highest BCUT2D eigenvalue weighted by molar-refractivity contribution is 6.40. The zero-order valence-electron chi connectivity index (χ0n) is 9.93. The van der Waals surface area contributed by atoms with Gasteiger partial charge in [-0.05, 0) is 24.3 Å². The fourth-order valence-electron chi connectivity index (χ4n) is 1.49. The molecule has 1 heterocycles. The second-order valence-corrected chi connectivity index (χ2v) is 4.60. The third-order valence-electron chi connectivity index (χ3n) is 2.43. The molecule has 0 fully saturated rings. The van der Waals surface area contributed by atoms with Crippen LogP contribution in [0.3, 0.4) is 0 Å². The van der Waals surface area contributed by atoms with E-state index in [4.69, 9.17) is 28.3 Å². The van der Waals surface area contributed by atoms with Crippen LogP contribution in [0.5, 0.6) is 0 Å². The molecule has 0 spiro atoms. The van der Waals surface area contributed by atoms with Gasteiger partial charge in [-0.25, -0.2) is 4.79 Å². The van der Waals surface area contributed by atoms with E-state index < -0.39 is 11.9 Å². The van der Waals surface area contributed by atoms with E-state index in [1.807, 2.05) is 0 Å². The number of aromatic nitrogens is 1. The molecule has 0 radical (unpaired) electrons. The summed E-state index contributed by atoms with van der Waals surface area (Å²) in [6.45, 7) is 0. The van der Waals surface area contributed by atoms with Crippen molar-refractivity contribution in [2.45, 2.75) is 0 Å². The first-order valence-electron chi connectivity index (χ1n) is 5.44. The Kier molecular flexibility index (Phi) is 4.22. The number of aromatic carboxylic acids is 1. The molecule has 102 valence electrons. The van der Waals surface area contributed by atoms with Crippen LogP contribution in [0.2, 0.25) is 10.0 Å². The van der Waals surface area contributed by atoms with Gasteiger partial charge in [0.15, 0.2) is 0 Å². The molecule has 2 aromatic rings. The standard InChI is InChI=1S/C13H8Cl2N2O3/c14-8-5-7(13(19)20)6-9(15)11(8)17-12(18)10-3-1-2-4-16-10/h1-6H,(H,17,18)(H,19,20). The molecule has 0 atom stereocenters. The largest absolute Gasteiger partial charge is 0.478 e. The molecule has 2 N–H and O–H groups in total. The number of halogens is 2. The molecule has 0 saturated heterocycles. The SMILES string of the molecule is O=C(O)c1cc(Cl)c(NC(=O)c2ccccn2)c(Cl)c1. The number of carboxylic acid groups (broad SMARTS) is 1. The zero-order valence-corrected chi connectivity index (χ0v) is 11.4. The molecule has 2 rings (SSSR count). The molecule has 0 aliphatic heterocycles. The van der Waals surface area contributed by atoms with E-state index >= 15 is 0 Å². The number of anilines is 1. The molecule has 0 aliphatic rings. The number of rotatable bonds is 3. The third-order valence-corrected chi connectivity index (χ3v) is 3.02. The average molecular weight is 311 g/mol.